The van der Waals surface area contributed by atoms with Crippen molar-refractivity contribution in [3.8, 4) is 0 Å². The van der Waals surface area contributed by atoms with Crippen molar-refractivity contribution >= 4 is 19.5 Å². The second kappa shape index (κ2) is 7.38. The summed E-state index contributed by atoms with van der Waals surface area (Å²) in [4.78, 5) is 9.00. The van der Waals surface area contributed by atoms with Crippen LogP contribution in [-0.2, 0) is 9.22 Å². The third-order valence-corrected chi connectivity index (χ3v) is 5.55. The smallest absolute Gasteiger partial charge is 0.300 e. The van der Waals surface area contributed by atoms with Crippen LogP contribution < -0.4 is 5.19 Å². The normalized spacial score (nSPS) is 21.2. The maximum Gasteiger partial charge on any atom is 0.300 e. The fourth-order valence-electron chi connectivity index (χ4n) is 2.02. The first-order valence-electron chi connectivity index (χ1n) is 6.60. The predicted octanol–water partition coefficient (Wildman–Crippen LogP) is 1.90. The topological polar surface area (TPSA) is 66.8 Å². The molecule has 4 nitrogen and oxygen atoms in total. The van der Waals surface area contributed by atoms with E-state index in [9.17, 15) is 5.11 Å². The van der Waals surface area contributed by atoms with E-state index >= 15 is 0 Å². The summed E-state index contributed by atoms with van der Waals surface area (Å²) in [5.41, 5.74) is 0. The third kappa shape index (κ3) is 5.69. The van der Waals surface area contributed by atoms with E-state index in [1.165, 1.54) is 5.19 Å². The molecule has 1 aromatic carbocycles. The summed E-state index contributed by atoms with van der Waals surface area (Å²) in [7, 11) is -1.84. The summed E-state index contributed by atoms with van der Waals surface area (Å²) in [6.45, 7) is 5.47. The fraction of sp³-hybridized carbons (Fsp3) is 0.400. The van der Waals surface area contributed by atoms with E-state index in [-0.39, 0.29) is 12.2 Å². The van der Waals surface area contributed by atoms with E-state index in [0.717, 1.165) is 6.92 Å². The van der Waals surface area contributed by atoms with E-state index in [0.29, 0.717) is 6.42 Å². The number of carboxylic acids is 1. The van der Waals surface area contributed by atoms with Gasteiger partial charge in [0.1, 0.15) is 0 Å². The van der Waals surface area contributed by atoms with Gasteiger partial charge in [-0.15, -0.1) is 0 Å². The molecule has 20 heavy (non-hydrogen) atoms. The summed E-state index contributed by atoms with van der Waals surface area (Å²) in [6, 6.07) is 10.4. The van der Waals surface area contributed by atoms with Crippen LogP contribution >= 0.6 is 0 Å². The van der Waals surface area contributed by atoms with Crippen molar-refractivity contribution in [2.75, 3.05) is 0 Å². The highest BCUT2D eigenvalue weighted by Gasteiger charge is 2.30. The van der Waals surface area contributed by atoms with Gasteiger partial charge in [0.15, 0.2) is 0 Å². The summed E-state index contributed by atoms with van der Waals surface area (Å²) in [5, 5.41) is 18.1. The first-order valence-corrected chi connectivity index (χ1v) is 9.51. The van der Waals surface area contributed by atoms with Gasteiger partial charge in [0, 0.05) is 13.3 Å². The Balaban J connectivity index is 0.000000444. The van der Waals surface area contributed by atoms with Crippen LogP contribution in [0.4, 0.5) is 0 Å². The van der Waals surface area contributed by atoms with Crippen LogP contribution in [0.2, 0.25) is 13.1 Å². The van der Waals surface area contributed by atoms with E-state index in [2.05, 4.69) is 25.2 Å². The Hall–Kier alpha value is -1.43. The lowest BCUT2D eigenvalue weighted by Crippen LogP contribution is -2.46. The van der Waals surface area contributed by atoms with Gasteiger partial charge in [0.05, 0.1) is 12.2 Å². The van der Waals surface area contributed by atoms with Crippen LogP contribution in [0.5, 0.6) is 0 Å². The standard InChI is InChI=1S/C13H18O2Si.C2H4O2/c1-16(2,13-6-4-3-5-7-13)15-12-9-8-11(14)10-12;1-2(3)4/h3-9,11-12,14H,10H2,1-2H3;1H3,(H,3,4). The minimum absolute atomic E-state index is 0.0804. The molecule has 0 heterocycles. The van der Waals surface area contributed by atoms with Crippen LogP contribution in [0.25, 0.3) is 0 Å². The number of rotatable bonds is 3. The van der Waals surface area contributed by atoms with Crippen molar-refractivity contribution in [2.24, 2.45) is 0 Å². The van der Waals surface area contributed by atoms with Crippen molar-refractivity contribution < 1.29 is 19.4 Å². The third-order valence-electron chi connectivity index (χ3n) is 2.94. The average molecular weight is 294 g/mol. The Labute approximate surface area is 120 Å². The van der Waals surface area contributed by atoms with Crippen molar-refractivity contribution in [1.29, 1.82) is 0 Å². The summed E-state index contributed by atoms with van der Waals surface area (Å²) in [5.74, 6) is -0.833. The lowest BCUT2D eigenvalue weighted by molar-refractivity contribution is -0.134. The molecule has 0 aliphatic heterocycles. The molecule has 2 N–H and O–H groups in total. The molecular weight excluding hydrogens is 272 g/mol. The second-order valence-corrected chi connectivity index (χ2v) is 9.07. The number of hydrogen-bond acceptors (Lipinski definition) is 3. The molecule has 0 amide bonds. The van der Waals surface area contributed by atoms with Crippen molar-refractivity contribution in [1.82, 2.24) is 0 Å². The van der Waals surface area contributed by atoms with Gasteiger partial charge in [-0.1, -0.05) is 42.5 Å². The number of carbonyl (C=O) groups is 1. The number of aliphatic hydroxyl groups is 1. The lowest BCUT2D eigenvalue weighted by atomic mass is 10.3. The molecule has 0 radical (unpaired) electrons. The second-order valence-electron chi connectivity index (χ2n) is 5.24. The number of benzene rings is 1. The average Bonchev–Trinajstić information content (AvgIpc) is 2.74. The highest BCUT2D eigenvalue weighted by Crippen LogP contribution is 2.18. The van der Waals surface area contributed by atoms with Gasteiger partial charge < -0.3 is 14.6 Å². The Bertz CT molecular complexity index is 452. The van der Waals surface area contributed by atoms with Crippen LogP contribution in [-0.4, -0.2) is 36.7 Å². The van der Waals surface area contributed by atoms with Crippen molar-refractivity contribution in [2.45, 2.75) is 38.6 Å². The van der Waals surface area contributed by atoms with Crippen LogP contribution in [0, 0.1) is 0 Å². The molecule has 0 aromatic heterocycles. The van der Waals surface area contributed by atoms with Gasteiger partial charge in [-0.3, -0.25) is 4.79 Å². The summed E-state index contributed by atoms with van der Waals surface area (Å²) >= 11 is 0. The van der Waals surface area contributed by atoms with Gasteiger partial charge in [0.2, 0.25) is 8.32 Å². The molecule has 2 unspecified atom stereocenters. The highest BCUT2D eigenvalue weighted by atomic mass is 28.4. The fourth-order valence-corrected chi connectivity index (χ4v) is 4.08. The molecule has 0 bridgehead atoms. The maximum absolute atomic E-state index is 9.42. The first kappa shape index (κ1) is 16.6. The largest absolute Gasteiger partial charge is 0.481 e. The Morgan fingerprint density at radius 1 is 1.25 bits per heavy atom. The van der Waals surface area contributed by atoms with Gasteiger partial charge in [-0.2, -0.15) is 0 Å². The number of aliphatic carboxylic acids is 1. The van der Waals surface area contributed by atoms with Crippen molar-refractivity contribution in [3.63, 3.8) is 0 Å². The van der Waals surface area contributed by atoms with E-state index in [1.807, 2.05) is 30.4 Å². The zero-order valence-electron chi connectivity index (χ0n) is 12.1. The minimum Gasteiger partial charge on any atom is -0.481 e. The lowest BCUT2D eigenvalue weighted by Gasteiger charge is -2.27. The van der Waals surface area contributed by atoms with Gasteiger partial charge in [0.25, 0.3) is 5.97 Å². The molecule has 2 rings (SSSR count). The number of carboxylic acid groups (broad SMARTS) is 1. The Morgan fingerprint density at radius 3 is 2.25 bits per heavy atom. The van der Waals surface area contributed by atoms with Crippen LogP contribution in [0.15, 0.2) is 42.5 Å². The van der Waals surface area contributed by atoms with Crippen LogP contribution in [0.1, 0.15) is 13.3 Å². The van der Waals surface area contributed by atoms with Gasteiger partial charge in [-0.25, -0.2) is 0 Å². The number of hydrogen-bond donors (Lipinski definition) is 2. The summed E-state index contributed by atoms with van der Waals surface area (Å²) in [6.07, 6.45) is 4.24. The molecule has 1 aliphatic rings. The monoisotopic (exact) mass is 294 g/mol. The molecule has 0 saturated heterocycles. The molecule has 110 valence electrons. The molecule has 0 saturated carbocycles. The molecular formula is C15H22O4Si. The zero-order valence-corrected chi connectivity index (χ0v) is 13.1. The molecule has 0 fully saturated rings. The number of aliphatic hydroxyl groups excluding tert-OH is 1. The molecule has 1 aromatic rings. The predicted molar refractivity (Wildman–Crippen MR) is 81.5 cm³/mol. The summed E-state index contributed by atoms with van der Waals surface area (Å²) < 4.78 is 6.15. The SMILES string of the molecule is CC(=O)O.C[Si](C)(OC1C=CC(O)C1)c1ccccc1. The zero-order chi connectivity index (χ0) is 15.2. The minimum atomic E-state index is -1.84. The highest BCUT2D eigenvalue weighted by molar-refractivity contribution is 6.84. The Kier molecular flexibility index (Phi) is 6.13. The molecule has 2 atom stereocenters. The van der Waals surface area contributed by atoms with Gasteiger partial charge >= 0.3 is 0 Å². The van der Waals surface area contributed by atoms with E-state index in [4.69, 9.17) is 14.3 Å². The first-order chi connectivity index (χ1) is 9.31. The molecule has 0 spiro atoms. The van der Waals surface area contributed by atoms with E-state index in [1.54, 1.807) is 0 Å². The van der Waals surface area contributed by atoms with Crippen LogP contribution in [0.3, 0.4) is 0 Å². The van der Waals surface area contributed by atoms with E-state index < -0.39 is 14.3 Å². The van der Waals surface area contributed by atoms with Gasteiger partial charge in [-0.05, 0) is 18.3 Å². The molecule has 1 aliphatic carbocycles. The maximum atomic E-state index is 9.42. The Morgan fingerprint density at radius 2 is 1.80 bits per heavy atom. The molecule has 5 heteroatoms. The van der Waals surface area contributed by atoms with Crippen molar-refractivity contribution in [3.05, 3.63) is 42.5 Å². The quantitative estimate of drug-likeness (QED) is 0.660.